The molecule has 184 valence electrons. The number of anilines is 1. The molecule has 0 saturated carbocycles. The molecule has 4 aromatic heterocycles. The summed E-state index contributed by atoms with van der Waals surface area (Å²) in [7, 11) is -3.28. The number of nitrogens with zero attached hydrogens (tertiary/aromatic N) is 5. The maximum atomic E-state index is 11.5. The number of benzene rings is 1. The minimum absolute atomic E-state index is 0.217. The van der Waals surface area contributed by atoms with E-state index < -0.39 is 10.0 Å². The number of hydrogen-bond acceptors (Lipinski definition) is 9. The zero-order valence-electron chi connectivity index (χ0n) is 19.4. The number of pyridine rings is 1. The first-order valence-corrected chi connectivity index (χ1v) is 14.1. The molecule has 1 saturated heterocycles. The number of H-pyrrole nitrogens is 1. The number of sulfonamides is 1. The smallest absolute Gasteiger partial charge is 0.209 e. The SMILES string of the molecule is CS(=O)(=O)NCc1cccc(-c2nc3c(N4CCOCC4)nc(-c4cnc5[nH]ccc5c4)nc3s2)c1. The van der Waals surface area contributed by atoms with Gasteiger partial charge < -0.3 is 14.6 Å². The van der Waals surface area contributed by atoms with Crippen LogP contribution in [0.1, 0.15) is 5.56 Å². The van der Waals surface area contributed by atoms with Gasteiger partial charge in [-0.15, -0.1) is 0 Å². The van der Waals surface area contributed by atoms with Crippen LogP contribution >= 0.6 is 11.3 Å². The van der Waals surface area contributed by atoms with Gasteiger partial charge in [0.05, 0.1) is 19.5 Å². The molecule has 36 heavy (non-hydrogen) atoms. The summed E-state index contributed by atoms with van der Waals surface area (Å²) in [4.78, 5) is 25.3. The van der Waals surface area contributed by atoms with Crippen LogP contribution < -0.4 is 9.62 Å². The van der Waals surface area contributed by atoms with E-state index in [1.54, 1.807) is 6.20 Å². The van der Waals surface area contributed by atoms with Crippen molar-refractivity contribution in [2.24, 2.45) is 0 Å². The van der Waals surface area contributed by atoms with Crippen LogP contribution in [-0.4, -0.2) is 65.9 Å². The maximum Gasteiger partial charge on any atom is 0.209 e. The first-order valence-electron chi connectivity index (χ1n) is 11.4. The molecule has 1 aliphatic rings. The molecule has 0 atom stereocenters. The minimum atomic E-state index is -3.28. The minimum Gasteiger partial charge on any atom is -0.378 e. The molecule has 1 fully saturated rings. The van der Waals surface area contributed by atoms with Gasteiger partial charge in [-0.3, -0.25) is 0 Å². The van der Waals surface area contributed by atoms with Crippen LogP contribution in [0.15, 0.2) is 48.8 Å². The predicted molar refractivity (Wildman–Crippen MR) is 140 cm³/mol. The van der Waals surface area contributed by atoms with Crippen LogP contribution in [0.4, 0.5) is 5.82 Å². The Labute approximate surface area is 211 Å². The second-order valence-electron chi connectivity index (χ2n) is 8.58. The summed E-state index contributed by atoms with van der Waals surface area (Å²) in [6, 6.07) is 11.7. The van der Waals surface area contributed by atoms with Crippen LogP contribution in [0.25, 0.3) is 43.3 Å². The highest BCUT2D eigenvalue weighted by molar-refractivity contribution is 7.88. The number of thiazole rings is 1. The lowest BCUT2D eigenvalue weighted by molar-refractivity contribution is 0.122. The topological polar surface area (TPSA) is 126 Å². The van der Waals surface area contributed by atoms with Gasteiger partial charge in [0.15, 0.2) is 11.6 Å². The second kappa shape index (κ2) is 9.21. The van der Waals surface area contributed by atoms with Gasteiger partial charge in [-0.25, -0.2) is 33.1 Å². The standard InChI is InChI=1S/C24H23N7O3S2/c1-36(32,33)27-13-15-3-2-4-17(11-15)23-28-19-22(31-7-9-34-10-8-31)29-21(30-24(19)35-23)18-12-16-5-6-25-20(16)26-14-18/h2-6,11-12,14,27H,7-10,13H2,1H3,(H,25,26). The summed E-state index contributed by atoms with van der Waals surface area (Å²) in [5.74, 6) is 1.38. The number of rotatable bonds is 6. The third kappa shape index (κ3) is 4.67. The Hall–Kier alpha value is -3.45. The van der Waals surface area contributed by atoms with Gasteiger partial charge in [-0.1, -0.05) is 29.5 Å². The number of hydrogen-bond donors (Lipinski definition) is 2. The monoisotopic (exact) mass is 521 g/mol. The van der Waals surface area contributed by atoms with E-state index in [-0.39, 0.29) is 6.54 Å². The van der Waals surface area contributed by atoms with E-state index in [0.717, 1.165) is 68.2 Å². The average Bonchev–Trinajstić information content (AvgIpc) is 3.54. The molecule has 0 amide bonds. The Bertz CT molecular complexity index is 1670. The van der Waals surface area contributed by atoms with Crippen molar-refractivity contribution in [2.75, 3.05) is 37.5 Å². The van der Waals surface area contributed by atoms with Gasteiger partial charge in [0.25, 0.3) is 0 Å². The predicted octanol–water partition coefficient (Wildman–Crippen LogP) is 3.18. The van der Waals surface area contributed by atoms with E-state index in [1.807, 2.05) is 42.6 Å². The van der Waals surface area contributed by atoms with E-state index >= 15 is 0 Å². The Morgan fingerprint density at radius 1 is 1.11 bits per heavy atom. The Morgan fingerprint density at radius 3 is 2.81 bits per heavy atom. The molecule has 1 aliphatic heterocycles. The molecule has 6 rings (SSSR count). The number of ether oxygens (including phenoxy) is 1. The fraction of sp³-hybridized carbons (Fsp3) is 0.250. The van der Waals surface area contributed by atoms with Gasteiger partial charge in [-0.05, 0) is 23.8 Å². The lowest BCUT2D eigenvalue weighted by atomic mass is 10.1. The summed E-state index contributed by atoms with van der Waals surface area (Å²) in [5, 5.41) is 1.79. The molecule has 0 spiro atoms. The first-order chi connectivity index (χ1) is 17.4. The number of nitrogens with one attached hydrogen (secondary N) is 2. The number of aromatic amines is 1. The summed E-state index contributed by atoms with van der Waals surface area (Å²) < 4.78 is 31.1. The van der Waals surface area contributed by atoms with Gasteiger partial charge in [0.2, 0.25) is 10.0 Å². The summed E-state index contributed by atoms with van der Waals surface area (Å²) in [5.41, 5.74) is 4.15. The van der Waals surface area contributed by atoms with E-state index in [9.17, 15) is 8.42 Å². The molecule has 5 heterocycles. The molecule has 0 radical (unpaired) electrons. The van der Waals surface area contributed by atoms with Gasteiger partial charge in [0, 0.05) is 48.5 Å². The quantitative estimate of drug-likeness (QED) is 0.349. The highest BCUT2D eigenvalue weighted by Gasteiger charge is 2.22. The largest absolute Gasteiger partial charge is 0.378 e. The van der Waals surface area contributed by atoms with Crippen molar-refractivity contribution in [3.05, 3.63) is 54.4 Å². The van der Waals surface area contributed by atoms with Crippen molar-refractivity contribution >= 4 is 48.6 Å². The molecule has 5 aromatic rings. The molecular formula is C24H23N7O3S2. The van der Waals surface area contributed by atoms with Crippen molar-refractivity contribution in [2.45, 2.75) is 6.54 Å². The lowest BCUT2D eigenvalue weighted by Crippen LogP contribution is -2.37. The van der Waals surface area contributed by atoms with E-state index in [1.165, 1.54) is 11.3 Å². The lowest BCUT2D eigenvalue weighted by Gasteiger charge is -2.28. The number of morpholine rings is 1. The van der Waals surface area contributed by atoms with Crippen LogP contribution in [0.5, 0.6) is 0 Å². The van der Waals surface area contributed by atoms with Crippen LogP contribution in [0.3, 0.4) is 0 Å². The molecule has 1 aromatic carbocycles. The first kappa shape index (κ1) is 23.0. The van der Waals surface area contributed by atoms with Crippen molar-refractivity contribution in [3.63, 3.8) is 0 Å². The zero-order chi connectivity index (χ0) is 24.7. The molecule has 0 unspecified atom stereocenters. The third-order valence-corrected chi connectivity index (χ3v) is 7.59. The van der Waals surface area contributed by atoms with E-state index in [2.05, 4.69) is 19.6 Å². The van der Waals surface area contributed by atoms with Crippen molar-refractivity contribution < 1.29 is 13.2 Å². The summed E-state index contributed by atoms with van der Waals surface area (Å²) in [6.07, 6.45) is 4.79. The molecular weight excluding hydrogens is 498 g/mol. The normalized spacial score (nSPS) is 14.6. The van der Waals surface area contributed by atoms with Crippen molar-refractivity contribution in [3.8, 4) is 22.0 Å². The number of aromatic nitrogens is 5. The molecule has 0 aliphatic carbocycles. The molecule has 0 bridgehead atoms. The van der Waals surface area contributed by atoms with Crippen LogP contribution in [-0.2, 0) is 21.3 Å². The average molecular weight is 522 g/mol. The highest BCUT2D eigenvalue weighted by atomic mass is 32.2. The summed E-state index contributed by atoms with van der Waals surface area (Å²) >= 11 is 1.49. The second-order valence-corrected chi connectivity index (χ2v) is 11.4. The molecule has 2 N–H and O–H groups in total. The zero-order valence-corrected chi connectivity index (χ0v) is 21.1. The Morgan fingerprint density at radius 2 is 1.97 bits per heavy atom. The van der Waals surface area contributed by atoms with E-state index in [0.29, 0.717) is 19.0 Å². The molecule has 10 nitrogen and oxygen atoms in total. The van der Waals surface area contributed by atoms with Gasteiger partial charge in [-0.2, -0.15) is 0 Å². The Balaban J connectivity index is 1.44. The molecule has 12 heteroatoms. The Kier molecular flexibility index (Phi) is 5.88. The third-order valence-electron chi connectivity index (χ3n) is 5.92. The van der Waals surface area contributed by atoms with Gasteiger partial charge >= 0.3 is 0 Å². The summed E-state index contributed by atoms with van der Waals surface area (Å²) in [6.45, 7) is 2.92. The van der Waals surface area contributed by atoms with Crippen molar-refractivity contribution in [1.82, 2.24) is 29.6 Å². The maximum absolute atomic E-state index is 11.5. The van der Waals surface area contributed by atoms with Crippen LogP contribution in [0.2, 0.25) is 0 Å². The highest BCUT2D eigenvalue weighted by Crippen LogP contribution is 2.35. The fourth-order valence-electron chi connectivity index (χ4n) is 4.15. The van der Waals surface area contributed by atoms with Crippen LogP contribution in [0, 0.1) is 0 Å². The van der Waals surface area contributed by atoms with Gasteiger partial charge in [0.1, 0.15) is 21.0 Å². The van der Waals surface area contributed by atoms with Crippen molar-refractivity contribution in [1.29, 1.82) is 0 Å². The number of fused-ring (bicyclic) bond motifs is 2. The fourth-order valence-corrected chi connectivity index (χ4v) is 5.51. The van der Waals surface area contributed by atoms with E-state index in [4.69, 9.17) is 19.7 Å².